The highest BCUT2D eigenvalue weighted by Crippen LogP contribution is 2.29. The van der Waals surface area contributed by atoms with Crippen molar-refractivity contribution >= 4 is 17.4 Å². The zero-order valence-electron chi connectivity index (χ0n) is 17.0. The van der Waals surface area contributed by atoms with Crippen LogP contribution in [0.1, 0.15) is 5.56 Å². The highest BCUT2D eigenvalue weighted by atomic mass is 19.1. The molecule has 0 saturated heterocycles. The first-order valence-electron chi connectivity index (χ1n) is 10.0. The molecule has 0 heterocycles. The van der Waals surface area contributed by atoms with Crippen molar-refractivity contribution in [3.8, 4) is 22.3 Å². The number of hydrogen-bond acceptors (Lipinski definition) is 2. The quantitative estimate of drug-likeness (QED) is 0.381. The van der Waals surface area contributed by atoms with Crippen molar-refractivity contribution in [2.24, 2.45) is 0 Å². The third-order valence-corrected chi connectivity index (χ3v) is 5.08. The molecule has 4 aromatic carbocycles. The van der Waals surface area contributed by atoms with Gasteiger partial charge in [-0.2, -0.15) is 0 Å². The lowest BCUT2D eigenvalue weighted by Gasteiger charge is -2.12. The number of anilines is 1. The predicted octanol–water partition coefficient (Wildman–Crippen LogP) is 6.05. The van der Waals surface area contributed by atoms with E-state index in [4.69, 9.17) is 0 Å². The standard InChI is InChI=1S/C27H19F2NO2/c28-21-12-11-20(23(16-21)18-7-3-1-4-8-18)15-26(31)27(32)30-25-14-13-22(29)17-24(25)19-9-5-2-6-10-19/h1-14,16-17H,15H2,(H,30,32). The summed E-state index contributed by atoms with van der Waals surface area (Å²) in [5, 5.41) is 2.60. The Bertz CT molecular complexity index is 1170. The van der Waals surface area contributed by atoms with Crippen LogP contribution in [0.15, 0.2) is 97.1 Å². The van der Waals surface area contributed by atoms with Gasteiger partial charge in [-0.05, 0) is 52.6 Å². The van der Waals surface area contributed by atoms with Crippen LogP contribution in [0.5, 0.6) is 0 Å². The zero-order chi connectivity index (χ0) is 22.5. The maximum atomic E-state index is 13.9. The van der Waals surface area contributed by atoms with Crippen LogP contribution in [0.2, 0.25) is 0 Å². The molecule has 3 nitrogen and oxygen atoms in total. The van der Waals surface area contributed by atoms with Crippen LogP contribution in [-0.2, 0) is 16.0 Å². The minimum Gasteiger partial charge on any atom is -0.319 e. The third kappa shape index (κ3) is 4.78. The Hall–Kier alpha value is -4.12. The van der Waals surface area contributed by atoms with Gasteiger partial charge in [0.1, 0.15) is 11.6 Å². The lowest BCUT2D eigenvalue weighted by molar-refractivity contribution is -0.134. The summed E-state index contributed by atoms with van der Waals surface area (Å²) >= 11 is 0. The molecule has 0 aromatic heterocycles. The molecular weight excluding hydrogens is 408 g/mol. The molecule has 0 bridgehead atoms. The fraction of sp³-hybridized carbons (Fsp3) is 0.0370. The van der Waals surface area contributed by atoms with Crippen LogP contribution in [0.3, 0.4) is 0 Å². The number of hydrogen-bond donors (Lipinski definition) is 1. The van der Waals surface area contributed by atoms with Crippen molar-refractivity contribution in [3.05, 3.63) is 114 Å². The topological polar surface area (TPSA) is 46.2 Å². The van der Waals surface area contributed by atoms with Crippen LogP contribution >= 0.6 is 0 Å². The maximum Gasteiger partial charge on any atom is 0.292 e. The second-order valence-electron chi connectivity index (χ2n) is 7.28. The van der Waals surface area contributed by atoms with Crippen LogP contribution in [-0.4, -0.2) is 11.7 Å². The van der Waals surface area contributed by atoms with E-state index in [2.05, 4.69) is 5.32 Å². The van der Waals surface area contributed by atoms with Gasteiger partial charge in [-0.25, -0.2) is 8.78 Å². The van der Waals surface area contributed by atoms with Gasteiger partial charge in [0.15, 0.2) is 0 Å². The summed E-state index contributed by atoms with van der Waals surface area (Å²) in [5.74, 6) is -2.38. The van der Waals surface area contributed by atoms with Gasteiger partial charge in [0, 0.05) is 17.7 Å². The van der Waals surface area contributed by atoms with Gasteiger partial charge in [-0.1, -0.05) is 66.7 Å². The van der Waals surface area contributed by atoms with Crippen LogP contribution in [0.25, 0.3) is 22.3 Å². The van der Waals surface area contributed by atoms with Gasteiger partial charge in [-0.15, -0.1) is 0 Å². The lowest BCUT2D eigenvalue weighted by atomic mass is 9.96. The Labute approximate surface area is 184 Å². The third-order valence-electron chi connectivity index (χ3n) is 5.08. The summed E-state index contributed by atoms with van der Waals surface area (Å²) in [6, 6.07) is 26.2. The summed E-state index contributed by atoms with van der Waals surface area (Å²) in [5.41, 5.74) is 3.36. The van der Waals surface area contributed by atoms with Crippen LogP contribution < -0.4 is 5.32 Å². The summed E-state index contributed by atoms with van der Waals surface area (Å²) in [4.78, 5) is 25.4. The summed E-state index contributed by atoms with van der Waals surface area (Å²) in [6.07, 6.45) is -0.196. The normalized spacial score (nSPS) is 10.6. The number of carbonyl (C=O) groups is 2. The molecule has 0 spiro atoms. The molecular formula is C27H19F2NO2. The average Bonchev–Trinajstić information content (AvgIpc) is 2.82. The molecule has 0 radical (unpaired) electrons. The van der Waals surface area contributed by atoms with Crippen molar-refractivity contribution in [3.63, 3.8) is 0 Å². The molecule has 158 valence electrons. The number of ketones is 1. The molecule has 0 unspecified atom stereocenters. The van der Waals surface area contributed by atoms with Gasteiger partial charge in [0.05, 0.1) is 0 Å². The second-order valence-corrected chi connectivity index (χ2v) is 7.28. The van der Waals surface area contributed by atoms with Crippen molar-refractivity contribution in [2.45, 2.75) is 6.42 Å². The van der Waals surface area contributed by atoms with E-state index in [1.807, 2.05) is 36.4 Å². The molecule has 0 fully saturated rings. The minimum absolute atomic E-state index is 0.196. The largest absolute Gasteiger partial charge is 0.319 e. The van der Waals surface area contributed by atoms with Crippen molar-refractivity contribution < 1.29 is 18.4 Å². The van der Waals surface area contributed by atoms with E-state index in [0.717, 1.165) is 5.56 Å². The van der Waals surface area contributed by atoms with Crippen molar-refractivity contribution in [2.75, 3.05) is 5.32 Å². The van der Waals surface area contributed by atoms with E-state index in [-0.39, 0.29) is 6.42 Å². The molecule has 4 aromatic rings. The summed E-state index contributed by atoms with van der Waals surface area (Å²) in [7, 11) is 0. The van der Waals surface area contributed by atoms with E-state index in [9.17, 15) is 18.4 Å². The van der Waals surface area contributed by atoms with Gasteiger partial charge in [0.2, 0.25) is 5.78 Å². The zero-order valence-corrected chi connectivity index (χ0v) is 17.0. The van der Waals surface area contributed by atoms with Crippen molar-refractivity contribution in [1.29, 1.82) is 0 Å². The van der Waals surface area contributed by atoms with E-state index >= 15 is 0 Å². The van der Waals surface area contributed by atoms with Crippen molar-refractivity contribution in [1.82, 2.24) is 0 Å². The monoisotopic (exact) mass is 427 g/mol. The fourth-order valence-electron chi connectivity index (χ4n) is 3.52. The Morgan fingerprint density at radius 3 is 1.81 bits per heavy atom. The van der Waals surface area contributed by atoms with Gasteiger partial charge in [0.25, 0.3) is 5.91 Å². The Kier molecular flexibility index (Phi) is 6.17. The Balaban J connectivity index is 1.58. The Morgan fingerprint density at radius 1 is 0.656 bits per heavy atom. The number of carbonyl (C=O) groups excluding carboxylic acids is 2. The molecule has 4 rings (SSSR count). The molecule has 32 heavy (non-hydrogen) atoms. The number of amides is 1. The molecule has 0 aliphatic rings. The number of nitrogens with one attached hydrogen (secondary N) is 1. The van der Waals surface area contributed by atoms with E-state index in [1.54, 1.807) is 24.3 Å². The molecule has 5 heteroatoms. The minimum atomic E-state index is -0.822. The van der Waals surface area contributed by atoms with E-state index < -0.39 is 23.3 Å². The lowest BCUT2D eigenvalue weighted by Crippen LogP contribution is -2.25. The van der Waals surface area contributed by atoms with Crippen LogP contribution in [0, 0.1) is 11.6 Å². The first-order chi connectivity index (χ1) is 15.5. The second kappa shape index (κ2) is 9.35. The van der Waals surface area contributed by atoms with E-state index in [1.165, 1.54) is 36.4 Å². The first kappa shape index (κ1) is 21.1. The molecule has 0 atom stereocenters. The maximum absolute atomic E-state index is 13.9. The van der Waals surface area contributed by atoms with Gasteiger partial charge < -0.3 is 5.32 Å². The smallest absolute Gasteiger partial charge is 0.292 e. The van der Waals surface area contributed by atoms with Crippen LogP contribution in [0.4, 0.5) is 14.5 Å². The molecule has 1 amide bonds. The molecule has 1 N–H and O–H groups in total. The number of rotatable bonds is 6. The SMILES string of the molecule is O=C(Cc1ccc(F)cc1-c1ccccc1)C(=O)Nc1ccc(F)cc1-c1ccccc1. The fourth-order valence-corrected chi connectivity index (χ4v) is 3.52. The molecule has 0 aliphatic heterocycles. The summed E-state index contributed by atoms with van der Waals surface area (Å²) in [6.45, 7) is 0. The van der Waals surface area contributed by atoms with Gasteiger partial charge >= 0.3 is 0 Å². The number of Topliss-reactive ketones (excluding diaryl/α,β-unsaturated/α-hetero) is 1. The highest BCUT2D eigenvalue weighted by Gasteiger charge is 2.19. The molecule has 0 aliphatic carbocycles. The number of halogens is 2. The summed E-state index contributed by atoms with van der Waals surface area (Å²) < 4.78 is 27.7. The number of benzene rings is 4. The molecule has 0 saturated carbocycles. The van der Waals surface area contributed by atoms with Gasteiger partial charge in [-0.3, -0.25) is 9.59 Å². The first-order valence-corrected chi connectivity index (χ1v) is 10.0. The Morgan fingerprint density at radius 2 is 1.19 bits per heavy atom. The average molecular weight is 427 g/mol. The predicted molar refractivity (Wildman–Crippen MR) is 121 cm³/mol. The highest BCUT2D eigenvalue weighted by molar-refractivity contribution is 6.41. The van der Waals surface area contributed by atoms with E-state index in [0.29, 0.717) is 27.9 Å².